The van der Waals surface area contributed by atoms with E-state index in [0.29, 0.717) is 54.8 Å². The Kier molecular flexibility index (Phi) is 8.63. The van der Waals surface area contributed by atoms with Crippen LogP contribution in [-0.2, 0) is 34.5 Å². The molecule has 0 unspecified atom stereocenters. The second kappa shape index (κ2) is 11.9. The van der Waals surface area contributed by atoms with Crippen LogP contribution in [0.5, 0.6) is 0 Å². The van der Waals surface area contributed by atoms with Crippen molar-refractivity contribution in [2.75, 3.05) is 16.6 Å². The van der Waals surface area contributed by atoms with E-state index in [4.69, 9.17) is 15.0 Å². The zero-order valence-electron chi connectivity index (χ0n) is 22.8. The van der Waals surface area contributed by atoms with E-state index in [1.54, 1.807) is 32.0 Å². The first-order valence-corrected chi connectivity index (χ1v) is 14.2. The number of sulfonamides is 1. The van der Waals surface area contributed by atoms with Crippen LogP contribution in [0.3, 0.4) is 0 Å². The number of hydrogen-bond donors (Lipinski definition) is 3. The van der Waals surface area contributed by atoms with Crippen LogP contribution in [0, 0.1) is 27.7 Å². The van der Waals surface area contributed by atoms with Gasteiger partial charge in [0.15, 0.2) is 5.82 Å². The molecule has 2 aromatic heterocycles. The van der Waals surface area contributed by atoms with E-state index in [1.165, 1.54) is 0 Å². The zero-order valence-corrected chi connectivity index (χ0v) is 23.6. The molecule has 0 spiro atoms. The summed E-state index contributed by atoms with van der Waals surface area (Å²) >= 11 is 0. The Bertz CT molecular complexity index is 1580. The summed E-state index contributed by atoms with van der Waals surface area (Å²) in [6, 6.07) is 12.8. The number of aryl methyl sites for hydroxylation is 3. The molecule has 10 nitrogen and oxygen atoms in total. The molecule has 2 aromatic carbocycles. The molecule has 0 fully saturated rings. The van der Waals surface area contributed by atoms with Gasteiger partial charge in [0, 0.05) is 42.1 Å². The average molecular weight is 551 g/mol. The van der Waals surface area contributed by atoms with E-state index < -0.39 is 10.0 Å². The van der Waals surface area contributed by atoms with E-state index >= 15 is 0 Å². The number of ether oxygens (including phenoxy) is 1. The molecular weight excluding hydrogens is 516 g/mol. The molecule has 4 N–H and O–H groups in total. The highest BCUT2D eigenvalue weighted by Crippen LogP contribution is 2.33. The topological polar surface area (TPSA) is 145 Å². The molecule has 11 heteroatoms. The second-order valence-electron chi connectivity index (χ2n) is 9.18. The summed E-state index contributed by atoms with van der Waals surface area (Å²) in [6.45, 7) is 10.8. The van der Waals surface area contributed by atoms with Gasteiger partial charge < -0.3 is 20.3 Å². The van der Waals surface area contributed by atoms with Crippen LogP contribution in [0.4, 0.5) is 11.6 Å². The first kappa shape index (κ1) is 28.2. The normalized spacial score (nSPS) is 11.5. The van der Waals surface area contributed by atoms with Gasteiger partial charge in [-0.25, -0.2) is 18.4 Å². The van der Waals surface area contributed by atoms with Crippen molar-refractivity contribution in [1.82, 2.24) is 15.1 Å². The maximum absolute atomic E-state index is 13.5. The predicted molar refractivity (Wildman–Crippen MR) is 151 cm³/mol. The summed E-state index contributed by atoms with van der Waals surface area (Å²) in [6.07, 6.45) is 0. The molecule has 0 atom stereocenters. The van der Waals surface area contributed by atoms with Crippen molar-refractivity contribution in [3.63, 3.8) is 0 Å². The quantitative estimate of drug-likeness (QED) is 0.240. The molecule has 2 heterocycles. The van der Waals surface area contributed by atoms with E-state index in [1.807, 2.05) is 45.0 Å². The molecule has 0 aliphatic heterocycles. The number of hydrogen-bond acceptors (Lipinski definition) is 9. The minimum absolute atomic E-state index is 0.133. The third kappa shape index (κ3) is 6.27. The van der Waals surface area contributed by atoms with E-state index in [2.05, 4.69) is 25.2 Å². The maximum Gasteiger partial charge on any atom is 0.263 e. The fourth-order valence-corrected chi connectivity index (χ4v) is 5.56. The molecule has 0 radical (unpaired) electrons. The first-order valence-electron chi connectivity index (χ1n) is 12.7. The van der Waals surface area contributed by atoms with Gasteiger partial charge in [-0.15, -0.1) is 0 Å². The van der Waals surface area contributed by atoms with E-state index in [9.17, 15) is 8.42 Å². The van der Waals surface area contributed by atoms with Crippen molar-refractivity contribution in [1.29, 1.82) is 0 Å². The zero-order chi connectivity index (χ0) is 28.2. The van der Waals surface area contributed by atoms with Gasteiger partial charge in [0.2, 0.25) is 0 Å². The predicted octanol–water partition coefficient (Wildman–Crippen LogP) is 4.77. The summed E-state index contributed by atoms with van der Waals surface area (Å²) in [5, 5.41) is 7.24. The van der Waals surface area contributed by atoms with Crippen molar-refractivity contribution >= 4 is 21.7 Å². The minimum atomic E-state index is -3.96. The monoisotopic (exact) mass is 550 g/mol. The van der Waals surface area contributed by atoms with Crippen molar-refractivity contribution in [3.8, 4) is 11.1 Å². The van der Waals surface area contributed by atoms with Crippen LogP contribution in [0.15, 0.2) is 51.9 Å². The van der Waals surface area contributed by atoms with Gasteiger partial charge in [-0.1, -0.05) is 41.6 Å². The highest BCUT2D eigenvalue weighted by molar-refractivity contribution is 7.92. The van der Waals surface area contributed by atoms with Crippen LogP contribution in [0.25, 0.3) is 11.1 Å². The second-order valence-corrected chi connectivity index (χ2v) is 10.8. The lowest BCUT2D eigenvalue weighted by Crippen LogP contribution is -2.15. The average Bonchev–Trinajstić information content (AvgIpc) is 3.22. The fourth-order valence-electron chi connectivity index (χ4n) is 4.28. The number of rotatable bonds is 11. The Labute approximate surface area is 229 Å². The minimum Gasteiger partial charge on any atom is -0.377 e. The Morgan fingerprint density at radius 2 is 1.77 bits per heavy atom. The fraction of sp³-hybridized carbons (Fsp3) is 0.321. The standard InChI is InChI=1S/C28H34N6O4S/c1-6-37-16-22-13-21(15-30-28-25(14-29)18(3)31-20(5)32-28)11-12-23(22)24-9-7-8-10-26(24)39(35,36)34-27-17(2)19(4)38-33-27/h7-13H,6,14-16,29H2,1-5H3,(H,33,34)(H,30,31,32). The van der Waals surface area contributed by atoms with Crippen molar-refractivity contribution in [3.05, 3.63) is 82.0 Å². The van der Waals surface area contributed by atoms with Gasteiger partial charge in [-0.3, -0.25) is 4.72 Å². The van der Waals surface area contributed by atoms with Crippen molar-refractivity contribution in [2.45, 2.75) is 59.2 Å². The van der Waals surface area contributed by atoms with Gasteiger partial charge in [-0.2, -0.15) is 0 Å². The molecule has 0 saturated carbocycles. The van der Waals surface area contributed by atoms with Gasteiger partial charge in [0.05, 0.1) is 11.5 Å². The van der Waals surface area contributed by atoms with Gasteiger partial charge in [0.1, 0.15) is 17.4 Å². The molecular formula is C28H34N6O4S. The summed E-state index contributed by atoms with van der Waals surface area (Å²) in [5.41, 5.74) is 11.5. The summed E-state index contributed by atoms with van der Waals surface area (Å²) in [7, 11) is -3.96. The molecule has 206 valence electrons. The van der Waals surface area contributed by atoms with E-state index in [0.717, 1.165) is 27.9 Å². The molecule has 4 aromatic rings. The summed E-state index contributed by atoms with van der Waals surface area (Å²) in [4.78, 5) is 9.06. The largest absolute Gasteiger partial charge is 0.377 e. The summed E-state index contributed by atoms with van der Waals surface area (Å²) in [5.74, 6) is 2.10. The molecule has 0 saturated heterocycles. The highest BCUT2D eigenvalue weighted by atomic mass is 32.2. The third-order valence-electron chi connectivity index (χ3n) is 6.48. The van der Waals surface area contributed by atoms with Crippen molar-refractivity contribution in [2.24, 2.45) is 5.73 Å². The number of aromatic nitrogens is 3. The smallest absolute Gasteiger partial charge is 0.263 e. The molecule has 0 amide bonds. The molecule has 0 aliphatic carbocycles. The molecule has 0 bridgehead atoms. The lowest BCUT2D eigenvalue weighted by Gasteiger charge is -2.17. The number of anilines is 2. The maximum atomic E-state index is 13.5. The van der Waals surface area contributed by atoms with E-state index in [-0.39, 0.29) is 10.7 Å². The lowest BCUT2D eigenvalue weighted by atomic mass is 9.97. The number of benzene rings is 2. The van der Waals surface area contributed by atoms with Crippen LogP contribution in [0.2, 0.25) is 0 Å². The number of nitrogens with one attached hydrogen (secondary N) is 2. The molecule has 39 heavy (non-hydrogen) atoms. The van der Waals surface area contributed by atoms with Gasteiger partial charge in [0.25, 0.3) is 10.0 Å². The van der Waals surface area contributed by atoms with Gasteiger partial charge in [-0.05, 0) is 57.4 Å². The number of nitrogens with zero attached hydrogens (tertiary/aromatic N) is 3. The Morgan fingerprint density at radius 1 is 1.00 bits per heavy atom. The van der Waals surface area contributed by atoms with Crippen LogP contribution in [-0.4, -0.2) is 30.1 Å². The van der Waals surface area contributed by atoms with Crippen molar-refractivity contribution < 1.29 is 17.7 Å². The highest BCUT2D eigenvalue weighted by Gasteiger charge is 2.23. The van der Waals surface area contributed by atoms with Crippen LogP contribution in [0.1, 0.15) is 46.5 Å². The van der Waals surface area contributed by atoms with Gasteiger partial charge >= 0.3 is 0 Å². The first-order chi connectivity index (χ1) is 18.6. The third-order valence-corrected chi connectivity index (χ3v) is 7.87. The van der Waals surface area contributed by atoms with Crippen LogP contribution >= 0.6 is 0 Å². The SMILES string of the molecule is CCOCc1cc(CNc2nc(C)nc(C)c2CN)ccc1-c1ccccc1S(=O)(=O)Nc1noc(C)c1C. The molecule has 0 aliphatic rings. The van der Waals surface area contributed by atoms with Crippen LogP contribution < -0.4 is 15.8 Å². The Hall–Kier alpha value is -3.80. The Morgan fingerprint density at radius 3 is 2.46 bits per heavy atom. The summed E-state index contributed by atoms with van der Waals surface area (Å²) < 4.78 is 40.4. The lowest BCUT2D eigenvalue weighted by molar-refractivity contribution is 0.134. The number of nitrogens with two attached hydrogens (primary N) is 1. The Balaban J connectivity index is 1.69. The molecule has 4 rings (SSSR count).